The maximum atomic E-state index is 12.8. The molecule has 5 rings (SSSR count). The molecular weight excluding hydrogens is 499 g/mol. The summed E-state index contributed by atoms with van der Waals surface area (Å²) >= 11 is 0. The number of ether oxygens (including phenoxy) is 2. The molecule has 1 aromatic carbocycles. The fraction of sp³-hybridized carbons (Fsp3) is 0.556. The average molecular weight is 534 g/mol. The number of hydrogen-bond donors (Lipinski definition) is 2. The van der Waals surface area contributed by atoms with Crippen molar-refractivity contribution in [3.05, 3.63) is 35.9 Å². The van der Waals surface area contributed by atoms with Crippen molar-refractivity contribution in [3.63, 3.8) is 0 Å². The van der Waals surface area contributed by atoms with Crippen molar-refractivity contribution >= 4 is 23.4 Å². The summed E-state index contributed by atoms with van der Waals surface area (Å²) in [6, 6.07) is 9.56. The number of carbonyl (C=O) groups excluding carboxylic acids is 1. The highest BCUT2D eigenvalue weighted by Gasteiger charge is 2.36. The first-order valence-electron chi connectivity index (χ1n) is 13.2. The van der Waals surface area contributed by atoms with E-state index in [1.165, 1.54) is 4.90 Å². The minimum absolute atomic E-state index is 0.108. The molecule has 4 heterocycles. The molecule has 2 aromatic rings. The van der Waals surface area contributed by atoms with Gasteiger partial charge in [0.25, 0.3) is 0 Å². The zero-order valence-electron chi connectivity index (χ0n) is 21.5. The second kappa shape index (κ2) is 11.4. The Kier molecular flexibility index (Phi) is 7.94. The Morgan fingerprint density at radius 2 is 1.89 bits per heavy atom. The number of urea groups is 1. The number of carbonyl (C=O) groups is 1. The number of anilines is 3. The lowest BCUT2D eigenvalue weighted by Gasteiger charge is -2.29. The Balaban J connectivity index is 1.36. The fourth-order valence-electron chi connectivity index (χ4n) is 5.28. The third-order valence-electron chi connectivity index (χ3n) is 7.32. The summed E-state index contributed by atoms with van der Waals surface area (Å²) in [6.45, 7) is 6.59. The highest BCUT2D eigenvalue weighted by atomic mass is 19.4. The molecule has 0 saturated carbocycles. The largest absolute Gasteiger partial charge is 0.389 e. The lowest BCUT2D eigenvalue weighted by molar-refractivity contribution is -0.143. The smallest absolute Gasteiger partial charge is 0.379 e. The van der Waals surface area contributed by atoms with E-state index in [0.717, 1.165) is 54.4 Å². The van der Waals surface area contributed by atoms with Crippen LogP contribution in [0.25, 0.3) is 11.1 Å². The third-order valence-corrected chi connectivity index (χ3v) is 7.32. The first-order chi connectivity index (χ1) is 18.2. The van der Waals surface area contributed by atoms with Gasteiger partial charge in [-0.25, -0.2) is 9.78 Å². The minimum atomic E-state index is -4.22. The highest BCUT2D eigenvalue weighted by Crippen LogP contribution is 2.33. The zero-order chi connectivity index (χ0) is 26.7. The van der Waals surface area contributed by atoms with Crippen LogP contribution in [0.4, 0.5) is 35.3 Å². The van der Waals surface area contributed by atoms with Crippen molar-refractivity contribution in [1.82, 2.24) is 9.88 Å². The van der Waals surface area contributed by atoms with Gasteiger partial charge in [-0.2, -0.15) is 13.2 Å². The van der Waals surface area contributed by atoms with E-state index in [-0.39, 0.29) is 18.6 Å². The molecule has 0 spiro atoms. The second-order valence-corrected chi connectivity index (χ2v) is 10.3. The molecule has 38 heavy (non-hydrogen) atoms. The number of morpholine rings is 1. The van der Waals surface area contributed by atoms with E-state index in [9.17, 15) is 18.0 Å². The van der Waals surface area contributed by atoms with Gasteiger partial charge < -0.3 is 29.9 Å². The predicted octanol–water partition coefficient (Wildman–Crippen LogP) is 4.90. The van der Waals surface area contributed by atoms with Crippen molar-refractivity contribution < 1.29 is 27.4 Å². The van der Waals surface area contributed by atoms with E-state index in [1.807, 2.05) is 31.2 Å². The van der Waals surface area contributed by atoms with E-state index in [2.05, 4.69) is 21.6 Å². The van der Waals surface area contributed by atoms with E-state index >= 15 is 0 Å². The third kappa shape index (κ3) is 6.68. The van der Waals surface area contributed by atoms with Gasteiger partial charge in [0.05, 0.1) is 25.9 Å². The van der Waals surface area contributed by atoms with Crippen LogP contribution in [0.3, 0.4) is 0 Å². The second-order valence-electron chi connectivity index (χ2n) is 10.3. The van der Waals surface area contributed by atoms with Crippen LogP contribution < -0.4 is 15.5 Å². The Morgan fingerprint density at radius 3 is 2.63 bits per heavy atom. The SMILES string of the molecule is Cc1ccc(NC(=O)N2CCC(CC(F)(F)F)C2)cc1-c1cc(N[C@H]2CCOC2)nc(N2CCOCC2)c1. The molecular formula is C27H34F3N5O3. The van der Waals surface area contributed by atoms with Crippen LogP contribution >= 0.6 is 0 Å². The van der Waals surface area contributed by atoms with Crippen LogP contribution in [0.1, 0.15) is 24.8 Å². The Labute approximate surface area is 220 Å². The minimum Gasteiger partial charge on any atom is -0.379 e. The van der Waals surface area contributed by atoms with Crippen LogP contribution in [-0.2, 0) is 9.47 Å². The van der Waals surface area contributed by atoms with E-state index in [4.69, 9.17) is 14.5 Å². The van der Waals surface area contributed by atoms with Gasteiger partial charge in [0.15, 0.2) is 0 Å². The lowest BCUT2D eigenvalue weighted by Crippen LogP contribution is -2.37. The number of pyridine rings is 1. The van der Waals surface area contributed by atoms with Crippen LogP contribution in [0.5, 0.6) is 0 Å². The number of aromatic nitrogens is 1. The monoisotopic (exact) mass is 533 g/mol. The van der Waals surface area contributed by atoms with Gasteiger partial charge >= 0.3 is 12.2 Å². The van der Waals surface area contributed by atoms with E-state index in [0.29, 0.717) is 38.5 Å². The molecule has 3 fully saturated rings. The van der Waals surface area contributed by atoms with Crippen LogP contribution in [0.15, 0.2) is 30.3 Å². The lowest BCUT2D eigenvalue weighted by atomic mass is 10.00. The molecule has 2 amide bonds. The highest BCUT2D eigenvalue weighted by molar-refractivity contribution is 5.91. The number of aryl methyl sites for hydroxylation is 1. The van der Waals surface area contributed by atoms with Gasteiger partial charge in [-0.1, -0.05) is 6.07 Å². The maximum Gasteiger partial charge on any atom is 0.389 e. The Bertz CT molecular complexity index is 1130. The van der Waals surface area contributed by atoms with Crippen LogP contribution in [0, 0.1) is 12.8 Å². The standard InChI is InChI=1S/C27H34F3N5O3/c1-18-2-3-21(32-26(36)35-6-4-19(16-35)15-27(28,29)30)14-23(18)20-12-24(31-22-5-9-38-17-22)33-25(13-20)34-7-10-37-11-8-34/h2-3,12-14,19,22H,4-11,15-17H2,1H3,(H,31,33)(H,32,36)/t19?,22-/m0/s1. The molecule has 0 radical (unpaired) electrons. The quantitative estimate of drug-likeness (QED) is 0.550. The molecule has 1 unspecified atom stereocenters. The summed E-state index contributed by atoms with van der Waals surface area (Å²) in [7, 11) is 0. The summed E-state index contributed by atoms with van der Waals surface area (Å²) in [5.41, 5.74) is 3.53. The number of benzene rings is 1. The van der Waals surface area contributed by atoms with Crippen LogP contribution in [-0.4, -0.2) is 80.7 Å². The van der Waals surface area contributed by atoms with E-state index < -0.39 is 18.5 Å². The van der Waals surface area contributed by atoms with Gasteiger partial charge in [0.2, 0.25) is 0 Å². The summed E-state index contributed by atoms with van der Waals surface area (Å²) in [4.78, 5) is 21.4. The first-order valence-corrected chi connectivity index (χ1v) is 13.2. The van der Waals surface area contributed by atoms with Crippen molar-refractivity contribution in [3.8, 4) is 11.1 Å². The number of rotatable bonds is 6. The van der Waals surface area contributed by atoms with Gasteiger partial charge in [-0.05, 0) is 66.6 Å². The number of nitrogens with one attached hydrogen (secondary N) is 2. The summed E-state index contributed by atoms with van der Waals surface area (Å²) in [5, 5.41) is 6.39. The molecule has 3 aliphatic heterocycles. The average Bonchev–Trinajstić information content (AvgIpc) is 3.57. The topological polar surface area (TPSA) is 79.0 Å². The maximum absolute atomic E-state index is 12.8. The van der Waals surface area contributed by atoms with Gasteiger partial charge in [0.1, 0.15) is 11.6 Å². The van der Waals surface area contributed by atoms with Crippen LogP contribution in [0.2, 0.25) is 0 Å². The van der Waals surface area contributed by atoms with Gasteiger partial charge in [0, 0.05) is 44.9 Å². The van der Waals surface area contributed by atoms with Crippen molar-refractivity contribution in [2.45, 2.75) is 38.4 Å². The predicted molar refractivity (Wildman–Crippen MR) is 140 cm³/mol. The molecule has 11 heteroatoms. The van der Waals surface area contributed by atoms with Crippen molar-refractivity contribution in [2.75, 3.05) is 68.1 Å². The van der Waals surface area contributed by atoms with E-state index in [1.54, 1.807) is 0 Å². The van der Waals surface area contributed by atoms with Crippen molar-refractivity contribution in [1.29, 1.82) is 0 Å². The molecule has 2 atom stereocenters. The molecule has 0 aliphatic carbocycles. The molecule has 3 aliphatic rings. The van der Waals surface area contributed by atoms with Gasteiger partial charge in [-0.3, -0.25) is 0 Å². The molecule has 0 bridgehead atoms. The Morgan fingerprint density at radius 1 is 1.08 bits per heavy atom. The number of hydrogen-bond acceptors (Lipinski definition) is 6. The number of amides is 2. The number of halogens is 3. The van der Waals surface area contributed by atoms with Gasteiger partial charge in [-0.15, -0.1) is 0 Å². The first kappa shape index (κ1) is 26.6. The molecule has 2 N–H and O–H groups in total. The Hall–Kier alpha value is -3.05. The normalized spacial score (nSPS) is 22.1. The zero-order valence-corrected chi connectivity index (χ0v) is 21.5. The fourth-order valence-corrected chi connectivity index (χ4v) is 5.28. The molecule has 1 aromatic heterocycles. The summed E-state index contributed by atoms with van der Waals surface area (Å²) < 4.78 is 49.3. The number of likely N-dealkylation sites (tertiary alicyclic amines) is 1. The molecule has 206 valence electrons. The number of alkyl halides is 3. The van der Waals surface area contributed by atoms with Crippen molar-refractivity contribution in [2.24, 2.45) is 5.92 Å². The molecule has 3 saturated heterocycles. The summed E-state index contributed by atoms with van der Waals surface area (Å²) in [6.07, 6.45) is -3.80. The molecule has 8 nitrogen and oxygen atoms in total. The number of nitrogens with zero attached hydrogens (tertiary/aromatic N) is 3. The summed E-state index contributed by atoms with van der Waals surface area (Å²) in [5.74, 6) is 1.07.